The summed E-state index contributed by atoms with van der Waals surface area (Å²) >= 11 is 0. The van der Waals surface area contributed by atoms with Gasteiger partial charge in [-0.2, -0.15) is 0 Å². The molecule has 0 bridgehead atoms. The lowest BCUT2D eigenvalue weighted by molar-refractivity contribution is 0.00708. The van der Waals surface area contributed by atoms with Gasteiger partial charge in [0.2, 0.25) is 0 Å². The smallest absolute Gasteiger partial charge is 0.410 e. The van der Waals surface area contributed by atoms with Crippen LogP contribution in [-0.4, -0.2) is 63.8 Å². The van der Waals surface area contributed by atoms with Crippen molar-refractivity contribution in [2.24, 2.45) is 0 Å². The van der Waals surface area contributed by atoms with Crippen LogP contribution in [0.15, 0.2) is 48.7 Å². The highest BCUT2D eigenvalue weighted by atomic mass is 16.6. The summed E-state index contributed by atoms with van der Waals surface area (Å²) in [5.74, 6) is 0. The van der Waals surface area contributed by atoms with Crippen molar-refractivity contribution in [3.63, 3.8) is 0 Å². The van der Waals surface area contributed by atoms with Crippen LogP contribution in [0.1, 0.15) is 71.2 Å². The Morgan fingerprint density at radius 2 is 1.66 bits per heavy atom. The summed E-state index contributed by atoms with van der Waals surface area (Å²) in [6.07, 6.45) is 3.61. The van der Waals surface area contributed by atoms with E-state index in [-0.39, 0.29) is 12.1 Å². The van der Waals surface area contributed by atoms with E-state index in [1.165, 1.54) is 11.1 Å². The number of carbonyl (C=O) groups is 2. The van der Waals surface area contributed by atoms with Crippen LogP contribution in [0.25, 0.3) is 0 Å². The van der Waals surface area contributed by atoms with E-state index >= 15 is 0 Å². The number of ether oxygens (including phenoxy) is 2. The van der Waals surface area contributed by atoms with Gasteiger partial charge in [-0.05, 0) is 90.6 Å². The Bertz CT molecular complexity index is 1050. The van der Waals surface area contributed by atoms with Crippen molar-refractivity contribution >= 4 is 12.2 Å². The van der Waals surface area contributed by atoms with Crippen LogP contribution in [0.3, 0.4) is 0 Å². The molecule has 1 aromatic carbocycles. The van der Waals surface area contributed by atoms with Crippen molar-refractivity contribution in [1.82, 2.24) is 20.1 Å². The standard InChI is InChI=1S/C30H44N4O4/c1-29(2,3)37-27(35)32-17-11-12-18-33(21-25-15-9-10-16-31-25)22-26-19-23-13-7-8-14-24(23)20-34(26)28(36)38-30(4,5)6/h7-10,13-16,26H,11-12,17-22H2,1-6H3,(H,32,35). The first-order chi connectivity index (χ1) is 17.9. The first-order valence-electron chi connectivity index (χ1n) is 13.6. The maximum absolute atomic E-state index is 13.3. The summed E-state index contributed by atoms with van der Waals surface area (Å²) in [5, 5.41) is 2.84. The summed E-state index contributed by atoms with van der Waals surface area (Å²) in [7, 11) is 0. The van der Waals surface area contributed by atoms with E-state index in [0.717, 1.165) is 31.5 Å². The third-order valence-corrected chi connectivity index (χ3v) is 6.13. The number of carbonyl (C=O) groups excluding carboxylic acids is 2. The second-order valence-electron chi connectivity index (χ2n) is 11.9. The van der Waals surface area contributed by atoms with Gasteiger partial charge in [0.1, 0.15) is 11.2 Å². The molecule has 38 heavy (non-hydrogen) atoms. The summed E-state index contributed by atoms with van der Waals surface area (Å²) in [6, 6.07) is 14.2. The normalized spacial score (nSPS) is 15.7. The molecule has 0 radical (unpaired) electrons. The molecule has 8 heteroatoms. The van der Waals surface area contributed by atoms with Gasteiger partial charge in [-0.15, -0.1) is 0 Å². The number of rotatable bonds is 9. The third kappa shape index (κ3) is 9.97. The Morgan fingerprint density at radius 1 is 0.974 bits per heavy atom. The van der Waals surface area contributed by atoms with Crippen LogP contribution in [0.4, 0.5) is 9.59 Å². The number of fused-ring (bicyclic) bond motifs is 1. The Kier molecular flexibility index (Phi) is 10.1. The number of alkyl carbamates (subject to hydrolysis) is 1. The van der Waals surface area contributed by atoms with Gasteiger partial charge < -0.3 is 14.8 Å². The van der Waals surface area contributed by atoms with E-state index in [2.05, 4.69) is 33.4 Å². The topological polar surface area (TPSA) is 84.0 Å². The number of hydrogen-bond donors (Lipinski definition) is 1. The zero-order chi connectivity index (χ0) is 27.8. The molecule has 1 aliphatic rings. The van der Waals surface area contributed by atoms with Gasteiger partial charge in [-0.25, -0.2) is 9.59 Å². The fourth-order valence-electron chi connectivity index (χ4n) is 4.50. The monoisotopic (exact) mass is 524 g/mol. The molecule has 208 valence electrons. The second kappa shape index (κ2) is 13.1. The molecule has 1 unspecified atom stereocenters. The molecule has 1 atom stereocenters. The van der Waals surface area contributed by atoms with Gasteiger partial charge in [-0.3, -0.25) is 14.8 Å². The van der Waals surface area contributed by atoms with Gasteiger partial charge in [-0.1, -0.05) is 30.3 Å². The minimum Gasteiger partial charge on any atom is -0.444 e. The van der Waals surface area contributed by atoms with Gasteiger partial charge in [0.25, 0.3) is 0 Å². The quantitative estimate of drug-likeness (QED) is 0.433. The first-order valence-corrected chi connectivity index (χ1v) is 13.6. The molecule has 0 saturated heterocycles. The summed E-state index contributed by atoms with van der Waals surface area (Å²) < 4.78 is 11.1. The zero-order valence-electron chi connectivity index (χ0n) is 23.8. The highest BCUT2D eigenvalue weighted by Crippen LogP contribution is 2.26. The molecule has 0 fully saturated rings. The Morgan fingerprint density at radius 3 is 2.32 bits per heavy atom. The van der Waals surface area contributed by atoms with Crippen molar-refractivity contribution in [1.29, 1.82) is 0 Å². The molecule has 2 aromatic rings. The largest absolute Gasteiger partial charge is 0.444 e. The summed E-state index contributed by atoms with van der Waals surface area (Å²) in [5.41, 5.74) is 2.35. The van der Waals surface area contributed by atoms with E-state index in [1.807, 2.05) is 76.9 Å². The SMILES string of the molecule is CC(C)(C)OC(=O)NCCCCN(Cc1ccccn1)CC1Cc2ccccc2CN1C(=O)OC(C)(C)C. The molecule has 8 nitrogen and oxygen atoms in total. The Balaban J connectivity index is 1.68. The molecule has 2 heterocycles. The molecular formula is C30H44N4O4. The van der Waals surface area contributed by atoms with E-state index in [0.29, 0.717) is 26.2 Å². The second-order valence-corrected chi connectivity index (χ2v) is 11.9. The number of aromatic nitrogens is 1. The van der Waals surface area contributed by atoms with E-state index in [4.69, 9.17) is 9.47 Å². The van der Waals surface area contributed by atoms with Gasteiger partial charge in [0, 0.05) is 32.4 Å². The number of nitrogens with zero attached hydrogens (tertiary/aromatic N) is 3. The fraction of sp³-hybridized carbons (Fsp3) is 0.567. The molecular weight excluding hydrogens is 480 g/mol. The maximum atomic E-state index is 13.3. The number of unbranched alkanes of at least 4 members (excludes halogenated alkanes) is 1. The molecule has 3 rings (SSSR count). The predicted octanol–water partition coefficient (Wildman–Crippen LogP) is 5.55. The van der Waals surface area contributed by atoms with Gasteiger partial charge in [0.05, 0.1) is 11.7 Å². The van der Waals surface area contributed by atoms with Crippen LogP contribution in [0.5, 0.6) is 0 Å². The lowest BCUT2D eigenvalue weighted by Crippen LogP contribution is -2.51. The molecule has 1 aliphatic heterocycles. The predicted molar refractivity (Wildman–Crippen MR) is 149 cm³/mol. The number of amides is 2. The minimum absolute atomic E-state index is 0.0247. The third-order valence-electron chi connectivity index (χ3n) is 6.13. The van der Waals surface area contributed by atoms with E-state index in [1.54, 1.807) is 0 Å². The number of pyridine rings is 1. The molecule has 2 amide bonds. The van der Waals surface area contributed by atoms with Gasteiger partial charge >= 0.3 is 12.2 Å². The highest BCUT2D eigenvalue weighted by Gasteiger charge is 2.33. The molecule has 1 aromatic heterocycles. The minimum atomic E-state index is -0.562. The van der Waals surface area contributed by atoms with Crippen LogP contribution in [0.2, 0.25) is 0 Å². The Labute approximate surface area is 227 Å². The van der Waals surface area contributed by atoms with Crippen LogP contribution in [0, 0.1) is 0 Å². The summed E-state index contributed by atoms with van der Waals surface area (Å²) in [6.45, 7) is 14.5. The fourth-order valence-corrected chi connectivity index (χ4v) is 4.50. The molecule has 0 saturated carbocycles. The summed E-state index contributed by atoms with van der Waals surface area (Å²) in [4.78, 5) is 34.0. The van der Waals surface area contributed by atoms with Crippen molar-refractivity contribution in [3.05, 3.63) is 65.5 Å². The van der Waals surface area contributed by atoms with Crippen LogP contribution >= 0.6 is 0 Å². The Hall–Kier alpha value is -3.13. The lowest BCUT2D eigenvalue weighted by Gasteiger charge is -2.40. The average molecular weight is 525 g/mol. The number of nitrogens with one attached hydrogen (secondary N) is 1. The van der Waals surface area contributed by atoms with Crippen molar-refractivity contribution in [2.45, 2.75) is 91.1 Å². The van der Waals surface area contributed by atoms with Gasteiger partial charge in [0.15, 0.2) is 0 Å². The molecule has 0 aliphatic carbocycles. The number of benzene rings is 1. The average Bonchev–Trinajstić information content (AvgIpc) is 2.81. The van der Waals surface area contributed by atoms with Crippen molar-refractivity contribution in [2.75, 3.05) is 19.6 Å². The molecule has 1 N–H and O–H groups in total. The first kappa shape index (κ1) is 29.4. The highest BCUT2D eigenvalue weighted by molar-refractivity contribution is 5.69. The zero-order valence-corrected chi connectivity index (χ0v) is 23.8. The van der Waals surface area contributed by atoms with E-state index < -0.39 is 17.3 Å². The number of hydrogen-bond acceptors (Lipinski definition) is 6. The maximum Gasteiger partial charge on any atom is 0.410 e. The van der Waals surface area contributed by atoms with Crippen LogP contribution < -0.4 is 5.32 Å². The van der Waals surface area contributed by atoms with E-state index in [9.17, 15) is 9.59 Å². The molecule has 0 spiro atoms. The lowest BCUT2D eigenvalue weighted by atomic mass is 9.94. The van der Waals surface area contributed by atoms with Crippen molar-refractivity contribution < 1.29 is 19.1 Å². The van der Waals surface area contributed by atoms with Crippen LogP contribution in [-0.2, 0) is 29.0 Å². The van der Waals surface area contributed by atoms with Crippen molar-refractivity contribution in [3.8, 4) is 0 Å².